The molecule has 0 fully saturated rings. The highest BCUT2D eigenvalue weighted by atomic mass is 16.1. The molecule has 0 unspecified atom stereocenters. The fraction of sp³-hybridized carbons (Fsp3) is 0.167. The Morgan fingerprint density at radius 2 is 1.86 bits per heavy atom. The first kappa shape index (κ1) is 12.2. The van der Waals surface area contributed by atoms with E-state index in [-0.39, 0.29) is 5.78 Å². The molecule has 1 heterocycles. The van der Waals surface area contributed by atoms with E-state index in [4.69, 9.17) is 0 Å². The van der Waals surface area contributed by atoms with Gasteiger partial charge in [-0.25, -0.2) is 0 Å². The quantitative estimate of drug-likeness (QED) is 0.574. The van der Waals surface area contributed by atoms with Crippen molar-refractivity contribution in [3.05, 3.63) is 53.2 Å². The summed E-state index contributed by atoms with van der Waals surface area (Å²) < 4.78 is 2.11. The van der Waals surface area contributed by atoms with E-state index in [0.717, 1.165) is 44.5 Å². The highest BCUT2D eigenvalue weighted by Crippen LogP contribution is 2.42. The number of rotatable bonds is 1. The topological polar surface area (TPSA) is 34.0 Å². The Bertz CT molecular complexity index is 919. The standard InChI is InChI=1S/C18H16N2O/c1-10-16-17-13(5-4-6-15(17)20(10)3)12-8-7-11(19-2)9-14(12)18(16)21/h4-9,19H,1-3H3. The Kier molecular flexibility index (Phi) is 2.31. The third kappa shape index (κ3) is 1.40. The van der Waals surface area contributed by atoms with Crippen molar-refractivity contribution in [2.75, 3.05) is 12.4 Å². The Morgan fingerprint density at radius 3 is 2.62 bits per heavy atom. The Hall–Kier alpha value is -2.55. The summed E-state index contributed by atoms with van der Waals surface area (Å²) >= 11 is 0. The molecule has 0 aliphatic heterocycles. The first-order valence-corrected chi connectivity index (χ1v) is 7.08. The van der Waals surface area contributed by atoms with Crippen molar-refractivity contribution in [1.29, 1.82) is 0 Å². The fourth-order valence-corrected chi connectivity index (χ4v) is 3.37. The second-order valence-electron chi connectivity index (χ2n) is 5.56. The van der Waals surface area contributed by atoms with Crippen molar-refractivity contribution in [3.8, 4) is 11.1 Å². The Morgan fingerprint density at radius 1 is 1.05 bits per heavy atom. The lowest BCUT2D eigenvalue weighted by Gasteiger charge is -2.17. The molecule has 0 radical (unpaired) electrons. The van der Waals surface area contributed by atoms with Gasteiger partial charge in [-0.3, -0.25) is 4.79 Å². The third-order valence-electron chi connectivity index (χ3n) is 4.59. The van der Waals surface area contributed by atoms with Gasteiger partial charge in [0.25, 0.3) is 0 Å². The minimum atomic E-state index is 0.129. The summed E-state index contributed by atoms with van der Waals surface area (Å²) in [5, 5.41) is 4.20. The third-order valence-corrected chi connectivity index (χ3v) is 4.59. The van der Waals surface area contributed by atoms with Crippen LogP contribution in [0.1, 0.15) is 21.6 Å². The summed E-state index contributed by atoms with van der Waals surface area (Å²) in [5.74, 6) is 0.129. The maximum Gasteiger partial charge on any atom is 0.196 e. The van der Waals surface area contributed by atoms with Crippen molar-refractivity contribution in [3.63, 3.8) is 0 Å². The second-order valence-corrected chi connectivity index (χ2v) is 5.56. The molecule has 104 valence electrons. The molecule has 3 aromatic rings. The van der Waals surface area contributed by atoms with Crippen LogP contribution in [0, 0.1) is 6.92 Å². The maximum atomic E-state index is 13.0. The van der Waals surface area contributed by atoms with Gasteiger partial charge in [0, 0.05) is 41.9 Å². The molecule has 3 heteroatoms. The van der Waals surface area contributed by atoms with Gasteiger partial charge in [0.2, 0.25) is 0 Å². The predicted octanol–water partition coefficient (Wildman–Crippen LogP) is 3.74. The minimum Gasteiger partial charge on any atom is -0.388 e. The smallest absolute Gasteiger partial charge is 0.196 e. The van der Waals surface area contributed by atoms with Gasteiger partial charge in [-0.05, 0) is 36.2 Å². The molecule has 2 aromatic carbocycles. The van der Waals surface area contributed by atoms with Gasteiger partial charge < -0.3 is 9.88 Å². The lowest BCUT2D eigenvalue weighted by molar-refractivity contribution is 0.103. The van der Waals surface area contributed by atoms with E-state index in [1.807, 2.05) is 39.2 Å². The molecule has 0 amide bonds. The molecule has 1 aliphatic rings. The van der Waals surface area contributed by atoms with E-state index in [2.05, 4.69) is 28.1 Å². The van der Waals surface area contributed by atoms with Crippen LogP contribution in [-0.2, 0) is 7.05 Å². The summed E-state index contributed by atoms with van der Waals surface area (Å²) in [6.07, 6.45) is 0. The van der Waals surface area contributed by atoms with E-state index in [9.17, 15) is 4.79 Å². The van der Waals surface area contributed by atoms with Crippen LogP contribution in [-0.4, -0.2) is 17.4 Å². The van der Waals surface area contributed by atoms with Gasteiger partial charge in [-0.2, -0.15) is 0 Å². The van der Waals surface area contributed by atoms with Gasteiger partial charge in [0.15, 0.2) is 5.78 Å². The molecular formula is C18H16N2O. The number of nitrogens with zero attached hydrogens (tertiary/aromatic N) is 1. The zero-order valence-corrected chi connectivity index (χ0v) is 12.3. The molecule has 1 aliphatic carbocycles. The minimum absolute atomic E-state index is 0.129. The van der Waals surface area contributed by atoms with Crippen LogP contribution in [0.25, 0.3) is 22.0 Å². The number of hydrogen-bond acceptors (Lipinski definition) is 2. The number of nitrogens with one attached hydrogen (secondary N) is 1. The highest BCUT2D eigenvalue weighted by Gasteiger charge is 2.29. The monoisotopic (exact) mass is 276 g/mol. The number of fused-ring (bicyclic) bond motifs is 2. The first-order valence-electron chi connectivity index (χ1n) is 7.08. The number of carbonyl (C=O) groups is 1. The summed E-state index contributed by atoms with van der Waals surface area (Å²) in [7, 11) is 3.89. The molecule has 0 atom stereocenters. The highest BCUT2D eigenvalue weighted by molar-refractivity contribution is 6.26. The van der Waals surface area contributed by atoms with Crippen LogP contribution >= 0.6 is 0 Å². The largest absolute Gasteiger partial charge is 0.388 e. The average Bonchev–Trinajstić information content (AvgIpc) is 2.78. The lowest BCUT2D eigenvalue weighted by atomic mass is 9.84. The lowest BCUT2D eigenvalue weighted by Crippen LogP contribution is -2.10. The molecule has 0 bridgehead atoms. The fourth-order valence-electron chi connectivity index (χ4n) is 3.37. The number of hydrogen-bond donors (Lipinski definition) is 1. The van der Waals surface area contributed by atoms with Crippen LogP contribution in [0.3, 0.4) is 0 Å². The summed E-state index contributed by atoms with van der Waals surface area (Å²) in [6.45, 7) is 2.02. The number of ketones is 1. The number of benzene rings is 2. The molecule has 0 saturated carbocycles. The molecule has 21 heavy (non-hydrogen) atoms. The van der Waals surface area contributed by atoms with Gasteiger partial charge in [-0.1, -0.05) is 18.2 Å². The molecule has 1 aromatic heterocycles. The zero-order chi connectivity index (χ0) is 14.7. The Balaban J connectivity index is 2.19. The predicted molar refractivity (Wildman–Crippen MR) is 86.1 cm³/mol. The van der Waals surface area contributed by atoms with Gasteiger partial charge in [0.1, 0.15) is 0 Å². The summed E-state index contributed by atoms with van der Waals surface area (Å²) in [6, 6.07) is 12.3. The summed E-state index contributed by atoms with van der Waals surface area (Å²) in [4.78, 5) is 13.0. The van der Waals surface area contributed by atoms with Crippen molar-refractivity contribution < 1.29 is 4.79 Å². The van der Waals surface area contributed by atoms with E-state index < -0.39 is 0 Å². The van der Waals surface area contributed by atoms with Crippen molar-refractivity contribution in [2.45, 2.75) is 6.92 Å². The second kappa shape index (κ2) is 3.98. The molecule has 1 N–H and O–H groups in total. The molecular weight excluding hydrogens is 260 g/mol. The summed E-state index contributed by atoms with van der Waals surface area (Å²) in [5.41, 5.74) is 6.94. The van der Waals surface area contributed by atoms with Crippen LogP contribution in [0.4, 0.5) is 5.69 Å². The van der Waals surface area contributed by atoms with Crippen molar-refractivity contribution in [2.24, 2.45) is 7.05 Å². The van der Waals surface area contributed by atoms with Crippen molar-refractivity contribution >= 4 is 22.4 Å². The molecule has 4 rings (SSSR count). The van der Waals surface area contributed by atoms with E-state index in [1.54, 1.807) is 0 Å². The van der Waals surface area contributed by atoms with E-state index in [0.29, 0.717) is 0 Å². The SMILES string of the molecule is CNc1ccc2c(c1)C(=O)c1c(C)n(C)c3cccc-2c13. The molecule has 0 spiro atoms. The molecule has 0 saturated heterocycles. The van der Waals surface area contributed by atoms with E-state index in [1.165, 1.54) is 0 Å². The first-order chi connectivity index (χ1) is 10.1. The van der Waals surface area contributed by atoms with Gasteiger partial charge in [-0.15, -0.1) is 0 Å². The van der Waals surface area contributed by atoms with Crippen LogP contribution in [0.15, 0.2) is 36.4 Å². The van der Waals surface area contributed by atoms with Crippen molar-refractivity contribution in [1.82, 2.24) is 4.57 Å². The number of aromatic nitrogens is 1. The van der Waals surface area contributed by atoms with Gasteiger partial charge in [0.05, 0.1) is 5.56 Å². The number of anilines is 1. The van der Waals surface area contributed by atoms with Crippen LogP contribution in [0.5, 0.6) is 0 Å². The van der Waals surface area contributed by atoms with Crippen LogP contribution < -0.4 is 5.32 Å². The van der Waals surface area contributed by atoms with E-state index >= 15 is 0 Å². The van der Waals surface area contributed by atoms with Crippen LogP contribution in [0.2, 0.25) is 0 Å². The van der Waals surface area contributed by atoms with Gasteiger partial charge >= 0.3 is 0 Å². The number of carbonyl (C=O) groups excluding carboxylic acids is 1. The maximum absolute atomic E-state index is 13.0. The number of aryl methyl sites for hydroxylation is 1. The normalized spacial score (nSPS) is 12.6. The Labute approximate surface area is 123 Å². The average molecular weight is 276 g/mol. The molecule has 3 nitrogen and oxygen atoms in total. The zero-order valence-electron chi connectivity index (χ0n) is 12.3.